The Hall–Kier alpha value is -0.870. The summed E-state index contributed by atoms with van der Waals surface area (Å²) in [5.41, 5.74) is 5.95. The fourth-order valence-corrected chi connectivity index (χ4v) is 2.91. The third-order valence-electron chi connectivity index (χ3n) is 3.11. The molecule has 100 valence electrons. The van der Waals surface area contributed by atoms with Gasteiger partial charge in [0.1, 0.15) is 13.2 Å². The first-order valence-corrected chi connectivity index (χ1v) is 7.32. The monoisotopic (exact) mass is 267 g/mol. The summed E-state index contributed by atoms with van der Waals surface area (Å²) in [5.74, 6) is 2.79. The zero-order chi connectivity index (χ0) is 13.0. The van der Waals surface area contributed by atoms with E-state index in [-0.39, 0.29) is 5.41 Å². The Balaban J connectivity index is 1.90. The van der Waals surface area contributed by atoms with Crippen molar-refractivity contribution < 1.29 is 9.47 Å². The Labute approximate surface area is 113 Å². The maximum atomic E-state index is 5.73. The number of rotatable bonds is 5. The summed E-state index contributed by atoms with van der Waals surface area (Å²) < 4.78 is 11.1. The van der Waals surface area contributed by atoms with E-state index in [1.165, 1.54) is 4.90 Å². The van der Waals surface area contributed by atoms with Gasteiger partial charge < -0.3 is 15.2 Å². The first-order chi connectivity index (χ1) is 8.61. The Morgan fingerprint density at radius 3 is 2.67 bits per heavy atom. The summed E-state index contributed by atoms with van der Waals surface area (Å²) in [7, 11) is 0. The average molecular weight is 267 g/mol. The molecule has 2 rings (SSSR count). The molecule has 2 N–H and O–H groups in total. The molecule has 0 spiro atoms. The van der Waals surface area contributed by atoms with E-state index >= 15 is 0 Å². The minimum Gasteiger partial charge on any atom is -0.486 e. The first-order valence-electron chi connectivity index (χ1n) is 6.33. The third-order valence-corrected chi connectivity index (χ3v) is 4.11. The molecular weight excluding hydrogens is 246 g/mol. The Morgan fingerprint density at radius 2 is 1.94 bits per heavy atom. The van der Waals surface area contributed by atoms with Crippen molar-refractivity contribution in [3.05, 3.63) is 18.2 Å². The van der Waals surface area contributed by atoms with Crippen molar-refractivity contribution in [1.82, 2.24) is 0 Å². The first kappa shape index (κ1) is 13.6. The molecule has 1 aliphatic rings. The molecule has 0 radical (unpaired) electrons. The molecule has 1 aromatic carbocycles. The second kappa shape index (κ2) is 5.85. The predicted molar refractivity (Wildman–Crippen MR) is 75.6 cm³/mol. The van der Waals surface area contributed by atoms with Crippen molar-refractivity contribution in [3.63, 3.8) is 0 Å². The van der Waals surface area contributed by atoms with Crippen LogP contribution >= 0.6 is 11.8 Å². The van der Waals surface area contributed by atoms with Crippen LogP contribution in [0.1, 0.15) is 20.3 Å². The van der Waals surface area contributed by atoms with Crippen LogP contribution in [0.3, 0.4) is 0 Å². The van der Waals surface area contributed by atoms with E-state index in [9.17, 15) is 0 Å². The maximum absolute atomic E-state index is 5.73. The number of hydrogen-bond acceptors (Lipinski definition) is 4. The predicted octanol–water partition coefficient (Wildman–Crippen LogP) is 2.92. The van der Waals surface area contributed by atoms with Crippen molar-refractivity contribution in [2.75, 3.05) is 25.5 Å². The highest BCUT2D eigenvalue weighted by Gasteiger charge is 2.16. The van der Waals surface area contributed by atoms with Gasteiger partial charge in [0.05, 0.1) is 0 Å². The Bertz CT molecular complexity index is 407. The van der Waals surface area contributed by atoms with Gasteiger partial charge in [-0.05, 0) is 42.3 Å². The van der Waals surface area contributed by atoms with E-state index in [1.807, 2.05) is 17.8 Å². The molecule has 0 saturated carbocycles. The smallest absolute Gasteiger partial charge is 0.162 e. The van der Waals surface area contributed by atoms with Gasteiger partial charge in [0.15, 0.2) is 11.5 Å². The number of hydrogen-bond donors (Lipinski definition) is 1. The van der Waals surface area contributed by atoms with Gasteiger partial charge in [-0.1, -0.05) is 13.8 Å². The van der Waals surface area contributed by atoms with E-state index < -0.39 is 0 Å². The lowest BCUT2D eigenvalue weighted by molar-refractivity contribution is 0.171. The molecule has 0 aliphatic carbocycles. The van der Waals surface area contributed by atoms with Crippen LogP contribution < -0.4 is 15.2 Å². The van der Waals surface area contributed by atoms with Crippen LogP contribution in [-0.4, -0.2) is 25.5 Å². The number of nitrogens with two attached hydrogens (primary N) is 1. The van der Waals surface area contributed by atoms with Crippen LogP contribution in [0.15, 0.2) is 23.1 Å². The van der Waals surface area contributed by atoms with Gasteiger partial charge in [0, 0.05) is 4.90 Å². The van der Waals surface area contributed by atoms with Crippen LogP contribution in [0, 0.1) is 5.41 Å². The minimum atomic E-state index is 0.223. The van der Waals surface area contributed by atoms with E-state index in [1.54, 1.807) is 0 Å². The van der Waals surface area contributed by atoms with Crippen molar-refractivity contribution in [3.8, 4) is 11.5 Å². The summed E-state index contributed by atoms with van der Waals surface area (Å²) in [5, 5.41) is 0. The molecule has 1 aromatic rings. The van der Waals surface area contributed by atoms with Gasteiger partial charge in [-0.15, -0.1) is 11.8 Å². The Kier molecular flexibility index (Phi) is 4.40. The molecule has 0 amide bonds. The van der Waals surface area contributed by atoms with E-state index in [0.29, 0.717) is 13.2 Å². The highest BCUT2D eigenvalue weighted by Crippen LogP contribution is 2.35. The maximum Gasteiger partial charge on any atom is 0.162 e. The molecule has 0 aromatic heterocycles. The largest absolute Gasteiger partial charge is 0.486 e. The molecular formula is C14H21NO2S. The summed E-state index contributed by atoms with van der Waals surface area (Å²) in [6, 6.07) is 6.15. The van der Waals surface area contributed by atoms with E-state index in [4.69, 9.17) is 15.2 Å². The lowest BCUT2D eigenvalue weighted by Gasteiger charge is -2.22. The molecule has 0 bridgehead atoms. The third kappa shape index (κ3) is 3.56. The van der Waals surface area contributed by atoms with Crippen LogP contribution in [0.2, 0.25) is 0 Å². The van der Waals surface area contributed by atoms with Gasteiger partial charge in [-0.2, -0.15) is 0 Å². The van der Waals surface area contributed by atoms with Gasteiger partial charge >= 0.3 is 0 Å². The van der Waals surface area contributed by atoms with Gasteiger partial charge in [-0.3, -0.25) is 0 Å². The standard InChI is InChI=1S/C14H21NO2S/c1-14(2,10-15)5-8-18-11-3-4-12-13(9-11)17-7-6-16-12/h3-4,9H,5-8,10,15H2,1-2H3. The lowest BCUT2D eigenvalue weighted by Crippen LogP contribution is -2.24. The Morgan fingerprint density at radius 1 is 1.22 bits per heavy atom. The fraction of sp³-hybridized carbons (Fsp3) is 0.571. The number of fused-ring (bicyclic) bond motifs is 1. The summed E-state index contributed by atoms with van der Waals surface area (Å²) in [6.45, 7) is 6.43. The number of thioether (sulfide) groups is 1. The van der Waals surface area contributed by atoms with Crippen LogP contribution in [-0.2, 0) is 0 Å². The molecule has 3 nitrogen and oxygen atoms in total. The van der Waals surface area contributed by atoms with Crippen molar-refractivity contribution in [1.29, 1.82) is 0 Å². The van der Waals surface area contributed by atoms with Crippen molar-refractivity contribution in [2.45, 2.75) is 25.2 Å². The number of benzene rings is 1. The fourth-order valence-electron chi connectivity index (χ4n) is 1.66. The molecule has 0 saturated heterocycles. The summed E-state index contributed by atoms with van der Waals surface area (Å²) in [4.78, 5) is 1.23. The molecule has 18 heavy (non-hydrogen) atoms. The minimum absolute atomic E-state index is 0.223. The number of ether oxygens (including phenoxy) is 2. The van der Waals surface area contributed by atoms with E-state index in [0.717, 1.165) is 30.2 Å². The van der Waals surface area contributed by atoms with Crippen LogP contribution in [0.5, 0.6) is 11.5 Å². The zero-order valence-electron chi connectivity index (χ0n) is 11.1. The quantitative estimate of drug-likeness (QED) is 0.833. The summed E-state index contributed by atoms with van der Waals surface area (Å²) >= 11 is 1.84. The van der Waals surface area contributed by atoms with Gasteiger partial charge in [-0.25, -0.2) is 0 Å². The molecule has 0 atom stereocenters. The lowest BCUT2D eigenvalue weighted by atomic mass is 9.91. The highest BCUT2D eigenvalue weighted by atomic mass is 32.2. The summed E-state index contributed by atoms with van der Waals surface area (Å²) in [6.07, 6.45) is 1.11. The molecule has 0 unspecified atom stereocenters. The average Bonchev–Trinajstić information content (AvgIpc) is 2.38. The second-order valence-corrected chi connectivity index (χ2v) is 6.44. The van der Waals surface area contributed by atoms with Gasteiger partial charge in [0.25, 0.3) is 0 Å². The topological polar surface area (TPSA) is 44.5 Å². The SMILES string of the molecule is CC(C)(CN)CCSc1ccc2c(c1)OCCO2. The van der Waals surface area contributed by atoms with Crippen LogP contribution in [0.25, 0.3) is 0 Å². The molecule has 1 heterocycles. The molecule has 4 heteroatoms. The van der Waals surface area contributed by atoms with Crippen LogP contribution in [0.4, 0.5) is 0 Å². The van der Waals surface area contributed by atoms with Crippen molar-refractivity contribution in [2.24, 2.45) is 11.1 Å². The molecule has 1 aliphatic heterocycles. The molecule has 0 fully saturated rings. The second-order valence-electron chi connectivity index (χ2n) is 5.27. The van der Waals surface area contributed by atoms with Crippen molar-refractivity contribution >= 4 is 11.8 Å². The zero-order valence-corrected chi connectivity index (χ0v) is 11.9. The van der Waals surface area contributed by atoms with Gasteiger partial charge in [0.2, 0.25) is 0 Å². The normalized spacial score (nSPS) is 14.6. The highest BCUT2D eigenvalue weighted by molar-refractivity contribution is 7.99. The van der Waals surface area contributed by atoms with E-state index in [2.05, 4.69) is 26.0 Å².